The minimum absolute atomic E-state index is 0.0564. The van der Waals surface area contributed by atoms with E-state index in [9.17, 15) is 14.4 Å². The fourth-order valence-electron chi connectivity index (χ4n) is 4.57. The van der Waals surface area contributed by atoms with Gasteiger partial charge in [0.25, 0.3) is 5.91 Å². The molecule has 2 atom stereocenters. The summed E-state index contributed by atoms with van der Waals surface area (Å²) < 4.78 is 5.32. The molecule has 1 saturated heterocycles. The molecule has 6 nitrogen and oxygen atoms in total. The summed E-state index contributed by atoms with van der Waals surface area (Å²) in [5.41, 5.74) is 0.984. The Hall–Kier alpha value is -2.02. The van der Waals surface area contributed by atoms with Gasteiger partial charge in [-0.2, -0.15) is 0 Å². The smallest absolute Gasteiger partial charge is 0.338 e. The Morgan fingerprint density at radius 3 is 2.89 bits per heavy atom. The topological polar surface area (TPSA) is 75.7 Å². The first kappa shape index (κ1) is 19.3. The van der Waals surface area contributed by atoms with Gasteiger partial charge in [0.15, 0.2) is 6.61 Å². The van der Waals surface area contributed by atoms with Crippen LogP contribution in [0.25, 0.3) is 0 Å². The van der Waals surface area contributed by atoms with Crippen LogP contribution in [0.1, 0.15) is 55.3 Å². The fourth-order valence-corrected chi connectivity index (χ4v) is 5.51. The molecule has 3 aliphatic rings. The van der Waals surface area contributed by atoms with Gasteiger partial charge in [-0.3, -0.25) is 9.59 Å². The lowest BCUT2D eigenvalue weighted by molar-refractivity contribution is -0.140. The van der Waals surface area contributed by atoms with Crippen molar-refractivity contribution in [3.63, 3.8) is 0 Å². The molecular weight excluding hydrogens is 376 g/mol. The van der Waals surface area contributed by atoms with Gasteiger partial charge >= 0.3 is 5.97 Å². The molecule has 0 unspecified atom stereocenters. The third kappa shape index (κ3) is 4.19. The van der Waals surface area contributed by atoms with E-state index in [1.807, 2.05) is 11.0 Å². The molecule has 0 bridgehead atoms. The van der Waals surface area contributed by atoms with E-state index in [0.29, 0.717) is 29.6 Å². The third-order valence-electron chi connectivity index (χ3n) is 5.97. The summed E-state index contributed by atoms with van der Waals surface area (Å²) in [6.07, 6.45) is 7.37. The number of thioether (sulfide) groups is 1. The van der Waals surface area contributed by atoms with Crippen molar-refractivity contribution in [2.75, 3.05) is 24.2 Å². The molecule has 1 N–H and O–H groups in total. The highest BCUT2D eigenvalue weighted by atomic mass is 32.2. The maximum absolute atomic E-state index is 12.7. The van der Waals surface area contributed by atoms with Crippen LogP contribution < -0.4 is 5.32 Å². The predicted octanol–water partition coefficient (Wildman–Crippen LogP) is 3.46. The van der Waals surface area contributed by atoms with E-state index in [2.05, 4.69) is 5.32 Å². The highest BCUT2D eigenvalue weighted by Crippen LogP contribution is 2.35. The highest BCUT2D eigenvalue weighted by molar-refractivity contribution is 7.99. The SMILES string of the molecule is O=C1CCSc2ccc(C(=O)OCC(=O)N3CCC[C@H]4CCCC[C@@H]43)cc2N1. The molecule has 150 valence electrons. The Bertz CT molecular complexity index is 780. The largest absolute Gasteiger partial charge is 0.452 e. The number of carbonyl (C=O) groups is 3. The number of hydrogen-bond acceptors (Lipinski definition) is 5. The van der Waals surface area contributed by atoms with E-state index >= 15 is 0 Å². The molecule has 28 heavy (non-hydrogen) atoms. The zero-order chi connectivity index (χ0) is 19.5. The van der Waals surface area contributed by atoms with E-state index in [1.54, 1.807) is 23.9 Å². The van der Waals surface area contributed by atoms with Crippen molar-refractivity contribution in [2.24, 2.45) is 5.92 Å². The maximum atomic E-state index is 12.7. The van der Waals surface area contributed by atoms with Crippen molar-refractivity contribution in [1.29, 1.82) is 0 Å². The number of nitrogens with zero attached hydrogens (tertiary/aromatic N) is 1. The average Bonchev–Trinajstić information content (AvgIpc) is 2.91. The lowest BCUT2D eigenvalue weighted by Crippen LogP contribution is -2.50. The Balaban J connectivity index is 1.37. The summed E-state index contributed by atoms with van der Waals surface area (Å²) in [5, 5.41) is 2.82. The number of amides is 2. The predicted molar refractivity (Wildman–Crippen MR) is 107 cm³/mol. The number of piperidine rings is 1. The molecule has 2 heterocycles. The van der Waals surface area contributed by atoms with Gasteiger partial charge in [-0.05, 0) is 49.8 Å². The van der Waals surface area contributed by atoms with E-state index < -0.39 is 5.97 Å². The second kappa shape index (κ2) is 8.55. The second-order valence-corrected chi connectivity index (χ2v) is 8.91. The van der Waals surface area contributed by atoms with Crippen LogP contribution in [0, 0.1) is 5.92 Å². The minimum Gasteiger partial charge on any atom is -0.452 e. The lowest BCUT2D eigenvalue weighted by atomic mass is 9.78. The van der Waals surface area contributed by atoms with Gasteiger partial charge in [0.1, 0.15) is 0 Å². The van der Waals surface area contributed by atoms with Crippen molar-refractivity contribution in [3.05, 3.63) is 23.8 Å². The van der Waals surface area contributed by atoms with Crippen LogP contribution in [-0.4, -0.2) is 47.6 Å². The molecule has 2 aliphatic heterocycles. The molecule has 1 aromatic rings. The molecule has 1 aromatic carbocycles. The second-order valence-electron chi connectivity index (χ2n) is 7.77. The first-order chi connectivity index (χ1) is 13.6. The van der Waals surface area contributed by atoms with Crippen LogP contribution in [0.2, 0.25) is 0 Å². The minimum atomic E-state index is -0.531. The van der Waals surface area contributed by atoms with E-state index in [0.717, 1.165) is 30.0 Å². The zero-order valence-electron chi connectivity index (χ0n) is 15.9. The molecule has 0 spiro atoms. The van der Waals surface area contributed by atoms with E-state index in [4.69, 9.17) is 4.74 Å². The van der Waals surface area contributed by atoms with Gasteiger partial charge in [-0.25, -0.2) is 4.79 Å². The summed E-state index contributed by atoms with van der Waals surface area (Å²) in [5.74, 6) is 0.641. The molecular formula is C21H26N2O4S. The van der Waals surface area contributed by atoms with Gasteiger partial charge in [0.05, 0.1) is 11.3 Å². The zero-order valence-corrected chi connectivity index (χ0v) is 16.8. The van der Waals surface area contributed by atoms with Crippen LogP contribution in [0.3, 0.4) is 0 Å². The quantitative estimate of drug-likeness (QED) is 0.784. The van der Waals surface area contributed by atoms with Gasteiger partial charge in [-0.15, -0.1) is 11.8 Å². The lowest BCUT2D eigenvalue weighted by Gasteiger charge is -2.44. The normalized spacial score (nSPS) is 24.4. The van der Waals surface area contributed by atoms with Gasteiger partial charge in [-0.1, -0.05) is 12.8 Å². The number of carbonyl (C=O) groups excluding carboxylic acids is 3. The molecule has 7 heteroatoms. The number of ether oxygens (including phenoxy) is 1. The molecule has 2 fully saturated rings. The van der Waals surface area contributed by atoms with Gasteiger partial charge < -0.3 is 15.0 Å². The molecule has 2 amide bonds. The Morgan fingerprint density at radius 2 is 2.00 bits per heavy atom. The summed E-state index contributed by atoms with van der Waals surface area (Å²) >= 11 is 1.59. The number of likely N-dealkylation sites (tertiary alicyclic amines) is 1. The Labute approximate surface area is 169 Å². The Morgan fingerprint density at radius 1 is 1.18 bits per heavy atom. The molecule has 1 aliphatic carbocycles. The molecule has 0 aromatic heterocycles. The molecule has 1 saturated carbocycles. The van der Waals surface area contributed by atoms with Crippen molar-refractivity contribution in [2.45, 2.75) is 55.9 Å². The number of anilines is 1. The fraction of sp³-hybridized carbons (Fsp3) is 0.571. The standard InChI is InChI=1S/C21H26N2O4S/c24-19-9-11-28-18-8-7-15(12-16(18)22-19)21(26)27-13-20(25)23-10-3-5-14-4-1-2-6-17(14)23/h7-8,12,14,17H,1-6,9-11,13H2,(H,22,24)/t14-,17+/m1/s1. The van der Waals surface area contributed by atoms with E-state index in [1.165, 1.54) is 25.7 Å². The van der Waals surface area contributed by atoms with Crippen molar-refractivity contribution < 1.29 is 19.1 Å². The molecule has 0 radical (unpaired) electrons. The summed E-state index contributed by atoms with van der Waals surface area (Å²) in [6, 6.07) is 5.46. The van der Waals surface area contributed by atoms with Crippen LogP contribution in [0.15, 0.2) is 23.1 Å². The molecule has 4 rings (SSSR count). The van der Waals surface area contributed by atoms with Crippen LogP contribution in [-0.2, 0) is 14.3 Å². The number of benzene rings is 1. The van der Waals surface area contributed by atoms with Crippen LogP contribution >= 0.6 is 11.8 Å². The van der Waals surface area contributed by atoms with Crippen molar-refractivity contribution in [3.8, 4) is 0 Å². The monoisotopic (exact) mass is 402 g/mol. The third-order valence-corrected chi connectivity index (χ3v) is 7.04. The average molecular weight is 403 g/mol. The number of hydrogen-bond donors (Lipinski definition) is 1. The number of esters is 1. The first-order valence-corrected chi connectivity index (χ1v) is 11.1. The number of nitrogens with one attached hydrogen (secondary N) is 1. The highest BCUT2D eigenvalue weighted by Gasteiger charge is 2.35. The summed E-state index contributed by atoms with van der Waals surface area (Å²) in [6.45, 7) is 0.542. The summed E-state index contributed by atoms with van der Waals surface area (Å²) in [4.78, 5) is 39.8. The van der Waals surface area contributed by atoms with E-state index in [-0.39, 0.29) is 18.4 Å². The van der Waals surface area contributed by atoms with Gasteiger partial charge in [0.2, 0.25) is 5.91 Å². The van der Waals surface area contributed by atoms with Crippen molar-refractivity contribution in [1.82, 2.24) is 4.90 Å². The first-order valence-electron chi connectivity index (χ1n) is 10.1. The van der Waals surface area contributed by atoms with Crippen LogP contribution in [0.5, 0.6) is 0 Å². The Kier molecular flexibility index (Phi) is 5.90. The number of rotatable bonds is 3. The number of fused-ring (bicyclic) bond motifs is 2. The van der Waals surface area contributed by atoms with Gasteiger partial charge in [0, 0.05) is 29.7 Å². The van der Waals surface area contributed by atoms with Crippen molar-refractivity contribution >= 4 is 35.2 Å². The van der Waals surface area contributed by atoms with Crippen LogP contribution in [0.4, 0.5) is 5.69 Å². The maximum Gasteiger partial charge on any atom is 0.338 e. The summed E-state index contributed by atoms with van der Waals surface area (Å²) in [7, 11) is 0.